The van der Waals surface area contributed by atoms with Crippen molar-refractivity contribution in [3.8, 4) is 0 Å². The molecule has 1 aromatic rings. The summed E-state index contributed by atoms with van der Waals surface area (Å²) in [6, 6.07) is 3.18. The van der Waals surface area contributed by atoms with Crippen LogP contribution in [0.3, 0.4) is 0 Å². The lowest BCUT2D eigenvalue weighted by atomic mass is 9.90. The Labute approximate surface area is 153 Å². The Morgan fingerprint density at radius 2 is 2.04 bits per heavy atom. The molecule has 1 N–H and O–H groups in total. The van der Waals surface area contributed by atoms with Crippen molar-refractivity contribution < 1.29 is 18.3 Å². The van der Waals surface area contributed by atoms with Crippen LogP contribution in [0.1, 0.15) is 38.5 Å². The maximum absolute atomic E-state index is 12.9. The first kappa shape index (κ1) is 18.8. The average molecular weight is 387 g/mol. The minimum Gasteiger partial charge on any atom is -0.391 e. The Kier molecular flexibility index (Phi) is 5.82. The number of piperidine rings is 1. The van der Waals surface area contributed by atoms with Crippen LogP contribution in [0, 0.1) is 5.92 Å². The Morgan fingerprint density at radius 3 is 2.72 bits per heavy atom. The zero-order valence-corrected chi connectivity index (χ0v) is 16.1. The van der Waals surface area contributed by atoms with Crippen LogP contribution in [0.5, 0.6) is 0 Å². The predicted octanol–water partition coefficient (Wildman–Crippen LogP) is 1.91. The fraction of sp³-hybridized carbons (Fsp3) is 0.706. The molecule has 1 saturated carbocycles. The molecule has 1 saturated heterocycles. The van der Waals surface area contributed by atoms with Gasteiger partial charge in [0.2, 0.25) is 5.91 Å². The lowest BCUT2D eigenvalue weighted by Crippen LogP contribution is -2.51. The molecule has 8 heteroatoms. The molecule has 1 aromatic heterocycles. The number of carbonyl (C=O) groups excluding carboxylic acids is 1. The van der Waals surface area contributed by atoms with Crippen LogP contribution in [0.15, 0.2) is 21.7 Å². The number of thiophene rings is 1. The van der Waals surface area contributed by atoms with E-state index >= 15 is 0 Å². The Bertz CT molecular complexity index is 690. The molecular weight excluding hydrogens is 360 g/mol. The molecule has 1 aliphatic carbocycles. The third-order valence-corrected chi connectivity index (χ3v) is 8.60. The molecule has 0 spiro atoms. The van der Waals surface area contributed by atoms with E-state index in [2.05, 4.69) is 0 Å². The van der Waals surface area contributed by atoms with Gasteiger partial charge in [0.1, 0.15) is 4.21 Å². The summed E-state index contributed by atoms with van der Waals surface area (Å²) in [5.74, 6) is -0.375. The van der Waals surface area contributed by atoms with Crippen molar-refractivity contribution in [2.24, 2.45) is 5.92 Å². The Hall–Kier alpha value is -0.960. The first-order chi connectivity index (χ1) is 11.9. The van der Waals surface area contributed by atoms with Gasteiger partial charge in [-0.3, -0.25) is 4.79 Å². The van der Waals surface area contributed by atoms with Gasteiger partial charge in [-0.15, -0.1) is 11.3 Å². The van der Waals surface area contributed by atoms with Crippen LogP contribution >= 0.6 is 11.3 Å². The van der Waals surface area contributed by atoms with Gasteiger partial charge in [-0.2, -0.15) is 4.31 Å². The van der Waals surface area contributed by atoms with E-state index in [1.165, 1.54) is 15.6 Å². The highest BCUT2D eigenvalue weighted by atomic mass is 32.2. The van der Waals surface area contributed by atoms with Crippen LogP contribution in [0.4, 0.5) is 0 Å². The lowest BCUT2D eigenvalue weighted by molar-refractivity contribution is -0.140. The van der Waals surface area contributed by atoms with Gasteiger partial charge in [0, 0.05) is 20.1 Å². The van der Waals surface area contributed by atoms with Crippen molar-refractivity contribution in [3.05, 3.63) is 17.5 Å². The standard InChI is InChI=1S/C17H26N2O4S2/c1-18(14-7-2-3-8-15(14)20)17(21)13-6-4-10-19(12-13)25(22,23)16-9-5-11-24-16/h5,9,11,13-15,20H,2-4,6-8,10,12H2,1H3. The molecule has 2 heterocycles. The predicted molar refractivity (Wildman–Crippen MR) is 96.8 cm³/mol. The van der Waals surface area contributed by atoms with Crippen LogP contribution in [0.25, 0.3) is 0 Å². The van der Waals surface area contributed by atoms with Crippen LogP contribution in [-0.2, 0) is 14.8 Å². The van der Waals surface area contributed by atoms with Gasteiger partial charge in [-0.1, -0.05) is 18.9 Å². The molecule has 3 atom stereocenters. The number of likely N-dealkylation sites (N-methyl/N-ethyl adjacent to an activating group) is 1. The Balaban J connectivity index is 1.69. The number of sulfonamides is 1. The number of aliphatic hydroxyl groups excluding tert-OH is 1. The van der Waals surface area contributed by atoms with Gasteiger partial charge in [0.15, 0.2) is 0 Å². The zero-order valence-electron chi connectivity index (χ0n) is 14.5. The molecule has 0 bridgehead atoms. The number of amides is 1. The SMILES string of the molecule is CN(C(=O)C1CCCN(S(=O)(=O)c2cccs2)C1)C1CCCCC1O. The highest BCUT2D eigenvalue weighted by Gasteiger charge is 2.37. The highest BCUT2D eigenvalue weighted by Crippen LogP contribution is 2.29. The molecule has 1 aliphatic heterocycles. The number of hydrogen-bond acceptors (Lipinski definition) is 5. The summed E-state index contributed by atoms with van der Waals surface area (Å²) in [4.78, 5) is 14.6. The molecule has 0 aromatic carbocycles. The monoisotopic (exact) mass is 386 g/mol. The molecule has 2 aliphatic rings. The van der Waals surface area contributed by atoms with Crippen molar-refractivity contribution >= 4 is 27.3 Å². The van der Waals surface area contributed by atoms with E-state index in [0.29, 0.717) is 23.6 Å². The van der Waals surface area contributed by atoms with Gasteiger partial charge >= 0.3 is 0 Å². The second-order valence-corrected chi connectivity index (χ2v) is 10.1. The number of carbonyl (C=O) groups is 1. The molecule has 140 valence electrons. The average Bonchev–Trinajstić information content (AvgIpc) is 3.16. The van der Waals surface area contributed by atoms with Crippen LogP contribution in [-0.4, -0.2) is 60.9 Å². The topological polar surface area (TPSA) is 77.9 Å². The largest absolute Gasteiger partial charge is 0.391 e. The molecule has 3 unspecified atom stereocenters. The van der Waals surface area contributed by atoms with Gasteiger partial charge in [-0.05, 0) is 37.1 Å². The summed E-state index contributed by atoms with van der Waals surface area (Å²) in [5, 5.41) is 11.9. The normalized spacial score (nSPS) is 28.6. The number of rotatable bonds is 4. The van der Waals surface area contributed by atoms with Gasteiger partial charge < -0.3 is 10.0 Å². The first-order valence-electron chi connectivity index (χ1n) is 8.89. The number of aliphatic hydroxyl groups is 1. The summed E-state index contributed by atoms with van der Waals surface area (Å²) in [7, 11) is -1.77. The minimum atomic E-state index is -3.51. The van der Waals surface area contributed by atoms with Crippen LogP contribution < -0.4 is 0 Å². The smallest absolute Gasteiger partial charge is 0.252 e. The maximum Gasteiger partial charge on any atom is 0.252 e. The van der Waals surface area contributed by atoms with E-state index < -0.39 is 16.1 Å². The van der Waals surface area contributed by atoms with E-state index in [1.807, 2.05) is 0 Å². The van der Waals surface area contributed by atoms with Gasteiger partial charge in [0.25, 0.3) is 10.0 Å². The molecule has 2 fully saturated rings. The van der Waals surface area contributed by atoms with E-state index in [1.54, 1.807) is 29.5 Å². The van der Waals surface area contributed by atoms with Crippen molar-refractivity contribution in [2.75, 3.05) is 20.1 Å². The fourth-order valence-electron chi connectivity index (χ4n) is 3.89. The quantitative estimate of drug-likeness (QED) is 0.857. The van der Waals surface area contributed by atoms with E-state index in [9.17, 15) is 18.3 Å². The van der Waals surface area contributed by atoms with Crippen molar-refractivity contribution in [1.82, 2.24) is 9.21 Å². The van der Waals surface area contributed by atoms with Crippen LogP contribution in [0.2, 0.25) is 0 Å². The summed E-state index contributed by atoms with van der Waals surface area (Å²) >= 11 is 1.20. The summed E-state index contributed by atoms with van der Waals surface area (Å²) < 4.78 is 27.2. The molecule has 25 heavy (non-hydrogen) atoms. The minimum absolute atomic E-state index is 0.0444. The van der Waals surface area contributed by atoms with Gasteiger partial charge in [-0.25, -0.2) is 8.42 Å². The van der Waals surface area contributed by atoms with Gasteiger partial charge in [0.05, 0.1) is 18.1 Å². The lowest BCUT2D eigenvalue weighted by Gasteiger charge is -2.39. The second kappa shape index (κ2) is 7.73. The van der Waals surface area contributed by atoms with E-state index in [4.69, 9.17) is 0 Å². The van der Waals surface area contributed by atoms with E-state index in [0.717, 1.165) is 25.7 Å². The summed E-state index contributed by atoms with van der Waals surface area (Å²) in [5.41, 5.74) is 0. The Morgan fingerprint density at radius 1 is 1.28 bits per heavy atom. The first-order valence-corrected chi connectivity index (χ1v) is 11.2. The third kappa shape index (κ3) is 3.92. The molecule has 6 nitrogen and oxygen atoms in total. The van der Waals surface area contributed by atoms with Crippen molar-refractivity contribution in [1.29, 1.82) is 0 Å². The zero-order chi connectivity index (χ0) is 18.0. The second-order valence-electron chi connectivity index (χ2n) is 7.00. The molecule has 3 rings (SSSR count). The molecular formula is C17H26N2O4S2. The summed E-state index contributed by atoms with van der Waals surface area (Å²) in [6.07, 6.45) is 4.46. The number of nitrogens with zero attached hydrogens (tertiary/aromatic N) is 2. The molecule has 1 amide bonds. The van der Waals surface area contributed by atoms with Crippen molar-refractivity contribution in [3.63, 3.8) is 0 Å². The van der Waals surface area contributed by atoms with E-state index in [-0.39, 0.29) is 24.4 Å². The molecule has 0 radical (unpaired) electrons. The third-order valence-electron chi connectivity index (χ3n) is 5.36. The van der Waals surface area contributed by atoms with Crippen molar-refractivity contribution in [2.45, 2.75) is 54.9 Å². The highest BCUT2D eigenvalue weighted by molar-refractivity contribution is 7.91. The summed E-state index contributed by atoms with van der Waals surface area (Å²) in [6.45, 7) is 0.687. The maximum atomic E-state index is 12.9. The number of hydrogen-bond donors (Lipinski definition) is 1. The fourth-order valence-corrected chi connectivity index (χ4v) is 6.56.